The van der Waals surface area contributed by atoms with Crippen LogP contribution in [0.15, 0.2) is 16.9 Å². The molecule has 0 aromatic carbocycles. The molecule has 2 aromatic rings. The van der Waals surface area contributed by atoms with Gasteiger partial charge in [-0.25, -0.2) is 9.97 Å². The summed E-state index contributed by atoms with van der Waals surface area (Å²) in [4.78, 5) is 21.0. The normalized spacial score (nSPS) is 11.3. The van der Waals surface area contributed by atoms with Crippen LogP contribution in [0, 0.1) is 0 Å². The van der Waals surface area contributed by atoms with Crippen LogP contribution in [0.5, 0.6) is 0 Å². The highest BCUT2D eigenvalue weighted by molar-refractivity contribution is 6.29. The number of nitrogens with one attached hydrogen (secondary N) is 1. The maximum absolute atomic E-state index is 12.6. The molecule has 7 nitrogen and oxygen atoms in total. The predicted octanol–water partition coefficient (Wildman–Crippen LogP) is 1.32. The lowest BCUT2D eigenvalue weighted by atomic mass is 10.3. The molecule has 0 unspecified atom stereocenters. The van der Waals surface area contributed by atoms with Gasteiger partial charge in [-0.3, -0.25) is 9.36 Å². The van der Waals surface area contributed by atoms with Gasteiger partial charge in [0.05, 0.1) is 19.3 Å². The van der Waals surface area contributed by atoms with Crippen molar-refractivity contribution in [2.24, 2.45) is 0 Å². The third kappa shape index (κ3) is 3.15. The highest BCUT2D eigenvalue weighted by atomic mass is 35.5. The molecular weight excluding hydrogens is 296 g/mol. The first-order valence-electron chi connectivity index (χ1n) is 6.36. The monoisotopic (exact) mass is 312 g/mol. The van der Waals surface area contributed by atoms with E-state index in [1.54, 1.807) is 33.4 Å². The average Bonchev–Trinajstić information content (AvgIpc) is 2.47. The Balaban J connectivity index is 2.75. The first-order chi connectivity index (χ1) is 10.1. The molecule has 0 aliphatic heterocycles. The van der Waals surface area contributed by atoms with Crippen molar-refractivity contribution in [2.45, 2.75) is 6.04 Å². The van der Waals surface area contributed by atoms with Crippen molar-refractivity contribution in [1.29, 1.82) is 0 Å². The summed E-state index contributed by atoms with van der Waals surface area (Å²) in [6, 6.07) is 3.03. The number of aromatic nitrogens is 3. The molecule has 2 rings (SSSR count). The van der Waals surface area contributed by atoms with Crippen LogP contribution < -0.4 is 10.9 Å². The Kier molecular flexibility index (Phi) is 5.11. The van der Waals surface area contributed by atoms with Gasteiger partial charge in [0.1, 0.15) is 10.7 Å². The third-order valence-electron chi connectivity index (χ3n) is 3.02. The Morgan fingerprint density at radius 1 is 1.29 bits per heavy atom. The van der Waals surface area contributed by atoms with Crippen molar-refractivity contribution in [3.63, 3.8) is 0 Å². The van der Waals surface area contributed by atoms with Crippen LogP contribution in [0.2, 0.25) is 5.15 Å². The Hall–Kier alpha value is -1.70. The second kappa shape index (κ2) is 6.84. The number of rotatable bonds is 6. The minimum absolute atomic E-state index is 0.240. The third-order valence-corrected chi connectivity index (χ3v) is 3.23. The molecular formula is C13H17ClN4O3. The molecule has 2 heterocycles. The van der Waals surface area contributed by atoms with Crippen LogP contribution in [0.25, 0.3) is 11.2 Å². The number of fused-ring (bicyclic) bond motifs is 1. The lowest BCUT2D eigenvalue weighted by Gasteiger charge is -2.20. The van der Waals surface area contributed by atoms with E-state index in [1.165, 1.54) is 4.57 Å². The maximum Gasteiger partial charge on any atom is 0.295 e. The van der Waals surface area contributed by atoms with Crippen molar-refractivity contribution in [2.75, 3.05) is 39.8 Å². The van der Waals surface area contributed by atoms with E-state index in [0.717, 1.165) is 0 Å². The summed E-state index contributed by atoms with van der Waals surface area (Å²) in [7, 11) is 4.78. The van der Waals surface area contributed by atoms with Crippen molar-refractivity contribution in [1.82, 2.24) is 14.5 Å². The molecule has 0 amide bonds. The van der Waals surface area contributed by atoms with E-state index in [2.05, 4.69) is 15.3 Å². The van der Waals surface area contributed by atoms with Crippen LogP contribution in [0.1, 0.15) is 6.04 Å². The van der Waals surface area contributed by atoms with E-state index >= 15 is 0 Å². The molecule has 0 saturated heterocycles. The minimum atomic E-state index is -0.323. The zero-order valence-corrected chi connectivity index (χ0v) is 12.8. The lowest BCUT2D eigenvalue weighted by molar-refractivity contribution is 0.0896. The average molecular weight is 313 g/mol. The van der Waals surface area contributed by atoms with Crippen molar-refractivity contribution < 1.29 is 9.47 Å². The zero-order chi connectivity index (χ0) is 15.4. The van der Waals surface area contributed by atoms with Crippen LogP contribution in [0.4, 0.5) is 5.82 Å². The van der Waals surface area contributed by atoms with Gasteiger partial charge in [0, 0.05) is 21.3 Å². The molecule has 1 N–H and O–H groups in total. The SMILES string of the molecule is CNc1nc2ccc(Cl)nc2n(C(COC)COC)c1=O. The Labute approximate surface area is 126 Å². The van der Waals surface area contributed by atoms with Gasteiger partial charge in [0.25, 0.3) is 5.56 Å². The highest BCUT2D eigenvalue weighted by Crippen LogP contribution is 2.18. The number of anilines is 1. The summed E-state index contributed by atoms with van der Waals surface area (Å²) >= 11 is 5.94. The molecule has 0 saturated carbocycles. The number of ether oxygens (including phenoxy) is 2. The predicted molar refractivity (Wildman–Crippen MR) is 81.1 cm³/mol. The van der Waals surface area contributed by atoms with E-state index < -0.39 is 0 Å². The van der Waals surface area contributed by atoms with Gasteiger partial charge in [-0.1, -0.05) is 11.6 Å². The number of methoxy groups -OCH3 is 2. The molecule has 0 aliphatic rings. The van der Waals surface area contributed by atoms with Gasteiger partial charge < -0.3 is 14.8 Å². The molecule has 0 fully saturated rings. The zero-order valence-electron chi connectivity index (χ0n) is 12.1. The van der Waals surface area contributed by atoms with Gasteiger partial charge in [0.2, 0.25) is 0 Å². The van der Waals surface area contributed by atoms with E-state index in [-0.39, 0.29) is 17.4 Å². The summed E-state index contributed by atoms with van der Waals surface area (Å²) in [5.41, 5.74) is 0.685. The number of hydrogen-bond acceptors (Lipinski definition) is 6. The minimum Gasteiger partial charge on any atom is -0.382 e. The largest absolute Gasteiger partial charge is 0.382 e. The van der Waals surface area contributed by atoms with Gasteiger partial charge >= 0.3 is 0 Å². The Bertz CT molecular complexity index is 683. The molecule has 0 atom stereocenters. The Morgan fingerprint density at radius 3 is 2.52 bits per heavy atom. The smallest absolute Gasteiger partial charge is 0.295 e. The van der Waals surface area contributed by atoms with Crippen molar-refractivity contribution >= 4 is 28.6 Å². The molecule has 0 radical (unpaired) electrons. The second-order valence-corrected chi connectivity index (χ2v) is 4.81. The molecule has 8 heteroatoms. The van der Waals surface area contributed by atoms with E-state index in [1.807, 2.05) is 0 Å². The molecule has 0 aliphatic carbocycles. The second-order valence-electron chi connectivity index (χ2n) is 4.43. The maximum atomic E-state index is 12.6. The van der Waals surface area contributed by atoms with Gasteiger partial charge in [0.15, 0.2) is 11.5 Å². The fourth-order valence-corrected chi connectivity index (χ4v) is 2.29. The Morgan fingerprint density at radius 2 is 1.95 bits per heavy atom. The number of hydrogen-bond donors (Lipinski definition) is 1. The molecule has 0 spiro atoms. The van der Waals surface area contributed by atoms with E-state index in [4.69, 9.17) is 21.1 Å². The summed E-state index contributed by atoms with van der Waals surface area (Å²) in [6.45, 7) is 0.619. The summed E-state index contributed by atoms with van der Waals surface area (Å²) < 4.78 is 11.9. The molecule has 2 aromatic heterocycles. The van der Waals surface area contributed by atoms with Gasteiger partial charge in [-0.05, 0) is 12.1 Å². The number of nitrogens with zero attached hydrogens (tertiary/aromatic N) is 3. The van der Waals surface area contributed by atoms with Crippen LogP contribution in [0.3, 0.4) is 0 Å². The number of pyridine rings is 1. The standard InChI is InChI=1S/C13H17ClN4O3/c1-15-11-13(19)18(8(6-20-2)7-21-3)12-9(16-11)4-5-10(14)17-12/h4-5,8H,6-7H2,1-3H3,(H,15,16). The highest BCUT2D eigenvalue weighted by Gasteiger charge is 2.19. The fraction of sp³-hybridized carbons (Fsp3) is 0.462. The fourth-order valence-electron chi connectivity index (χ4n) is 2.14. The van der Waals surface area contributed by atoms with Crippen LogP contribution in [-0.2, 0) is 9.47 Å². The topological polar surface area (TPSA) is 78.3 Å². The van der Waals surface area contributed by atoms with Crippen molar-refractivity contribution in [3.8, 4) is 0 Å². The van der Waals surface area contributed by atoms with E-state index in [0.29, 0.717) is 29.5 Å². The summed E-state index contributed by atoms with van der Waals surface area (Å²) in [6.07, 6.45) is 0. The van der Waals surface area contributed by atoms with Crippen LogP contribution >= 0.6 is 11.6 Å². The van der Waals surface area contributed by atoms with E-state index in [9.17, 15) is 4.79 Å². The quantitative estimate of drug-likeness (QED) is 0.811. The first kappa shape index (κ1) is 15.7. The summed E-state index contributed by atoms with van der Waals surface area (Å²) in [5, 5.41) is 3.09. The lowest BCUT2D eigenvalue weighted by Crippen LogP contribution is -2.33. The van der Waals surface area contributed by atoms with Crippen molar-refractivity contribution in [3.05, 3.63) is 27.6 Å². The first-order valence-corrected chi connectivity index (χ1v) is 6.74. The number of halogens is 1. The van der Waals surface area contributed by atoms with Gasteiger partial charge in [-0.15, -0.1) is 0 Å². The van der Waals surface area contributed by atoms with Gasteiger partial charge in [-0.2, -0.15) is 0 Å². The van der Waals surface area contributed by atoms with Crippen LogP contribution in [-0.4, -0.2) is 49.0 Å². The molecule has 114 valence electrons. The summed E-state index contributed by atoms with van der Waals surface area (Å²) in [5.74, 6) is 0.240. The molecule has 0 bridgehead atoms. The molecule has 21 heavy (non-hydrogen) atoms.